The zero-order chi connectivity index (χ0) is 13.3. The predicted octanol–water partition coefficient (Wildman–Crippen LogP) is 3.07. The van der Waals surface area contributed by atoms with Crippen molar-refractivity contribution in [3.05, 3.63) is 29.8 Å². The van der Waals surface area contributed by atoms with Crippen LogP contribution in [0.2, 0.25) is 0 Å². The smallest absolute Gasteiger partial charge is 0.303 e. The van der Waals surface area contributed by atoms with Gasteiger partial charge in [0.05, 0.1) is 0 Å². The van der Waals surface area contributed by atoms with E-state index in [1.807, 2.05) is 0 Å². The Bertz CT molecular complexity index is 436. The summed E-state index contributed by atoms with van der Waals surface area (Å²) in [5, 5.41) is 8.92. The number of rotatable bonds is 3. The van der Waals surface area contributed by atoms with Crippen LogP contribution in [-0.2, 0) is 4.79 Å². The standard InChI is InChI=1S/C15H21NO2/c1-11-4-6-13(7-5-11)16-10-12(8-14(17)18)9-15(16,2)3/h4-7,12H,8-10H2,1-3H3,(H,17,18). The molecule has 0 aliphatic carbocycles. The molecule has 2 rings (SSSR count). The van der Waals surface area contributed by atoms with Crippen LogP contribution in [0.3, 0.4) is 0 Å². The summed E-state index contributed by atoms with van der Waals surface area (Å²) in [5.74, 6) is -0.444. The fourth-order valence-corrected chi connectivity index (χ4v) is 2.95. The van der Waals surface area contributed by atoms with E-state index >= 15 is 0 Å². The molecule has 1 saturated heterocycles. The van der Waals surface area contributed by atoms with Crippen molar-refractivity contribution in [2.75, 3.05) is 11.4 Å². The Morgan fingerprint density at radius 1 is 1.39 bits per heavy atom. The van der Waals surface area contributed by atoms with Crippen LogP contribution in [-0.4, -0.2) is 23.2 Å². The Morgan fingerprint density at radius 2 is 2.00 bits per heavy atom. The number of aliphatic carboxylic acids is 1. The molecule has 1 aromatic carbocycles. The Labute approximate surface area is 108 Å². The molecule has 18 heavy (non-hydrogen) atoms. The molecule has 0 spiro atoms. The number of benzene rings is 1. The van der Waals surface area contributed by atoms with Gasteiger partial charge in [0, 0.05) is 24.2 Å². The summed E-state index contributed by atoms with van der Waals surface area (Å²) >= 11 is 0. The van der Waals surface area contributed by atoms with Crippen LogP contribution in [0.25, 0.3) is 0 Å². The molecule has 0 saturated carbocycles. The topological polar surface area (TPSA) is 40.5 Å². The zero-order valence-corrected chi connectivity index (χ0v) is 11.3. The number of carboxylic acid groups (broad SMARTS) is 1. The van der Waals surface area contributed by atoms with Gasteiger partial charge in [0.2, 0.25) is 0 Å². The molecular formula is C15H21NO2. The third-order valence-corrected chi connectivity index (χ3v) is 3.77. The van der Waals surface area contributed by atoms with Crippen LogP contribution in [0, 0.1) is 12.8 Å². The van der Waals surface area contributed by atoms with E-state index in [-0.39, 0.29) is 17.9 Å². The van der Waals surface area contributed by atoms with E-state index in [9.17, 15) is 4.79 Å². The summed E-state index contributed by atoms with van der Waals surface area (Å²) in [7, 11) is 0. The van der Waals surface area contributed by atoms with Crippen molar-refractivity contribution in [1.29, 1.82) is 0 Å². The Kier molecular flexibility index (Phi) is 3.33. The van der Waals surface area contributed by atoms with Crippen molar-refractivity contribution in [2.45, 2.75) is 39.2 Å². The third kappa shape index (κ3) is 2.66. The van der Waals surface area contributed by atoms with Crippen LogP contribution in [0.15, 0.2) is 24.3 Å². The fraction of sp³-hybridized carbons (Fsp3) is 0.533. The van der Waals surface area contributed by atoms with E-state index in [0.29, 0.717) is 0 Å². The van der Waals surface area contributed by atoms with Gasteiger partial charge in [-0.05, 0) is 45.2 Å². The highest BCUT2D eigenvalue weighted by Gasteiger charge is 2.38. The molecule has 1 N–H and O–H groups in total. The van der Waals surface area contributed by atoms with Crippen molar-refractivity contribution < 1.29 is 9.90 Å². The highest BCUT2D eigenvalue weighted by atomic mass is 16.4. The van der Waals surface area contributed by atoms with E-state index in [2.05, 4.69) is 49.9 Å². The average molecular weight is 247 g/mol. The summed E-state index contributed by atoms with van der Waals surface area (Å²) in [5.41, 5.74) is 2.48. The summed E-state index contributed by atoms with van der Waals surface area (Å²) in [6.45, 7) is 7.29. The predicted molar refractivity (Wildman–Crippen MR) is 73.0 cm³/mol. The lowest BCUT2D eigenvalue weighted by Crippen LogP contribution is -2.38. The molecule has 1 aliphatic rings. The Balaban J connectivity index is 2.17. The molecule has 1 fully saturated rings. The number of aryl methyl sites for hydroxylation is 1. The van der Waals surface area contributed by atoms with Gasteiger partial charge >= 0.3 is 5.97 Å². The lowest BCUT2D eigenvalue weighted by Gasteiger charge is -2.33. The lowest BCUT2D eigenvalue weighted by molar-refractivity contribution is -0.137. The quantitative estimate of drug-likeness (QED) is 0.892. The molecule has 1 aliphatic heterocycles. The lowest BCUT2D eigenvalue weighted by atomic mass is 9.94. The van der Waals surface area contributed by atoms with Crippen LogP contribution in [0.1, 0.15) is 32.3 Å². The molecule has 1 atom stereocenters. The molecule has 98 valence electrons. The average Bonchev–Trinajstić information content (AvgIpc) is 2.53. The van der Waals surface area contributed by atoms with Crippen molar-refractivity contribution >= 4 is 11.7 Å². The van der Waals surface area contributed by atoms with E-state index in [4.69, 9.17) is 5.11 Å². The second-order valence-corrected chi connectivity index (χ2v) is 5.93. The second-order valence-electron chi connectivity index (χ2n) is 5.93. The molecule has 0 amide bonds. The summed E-state index contributed by atoms with van der Waals surface area (Å²) in [6, 6.07) is 8.46. The Hall–Kier alpha value is -1.51. The molecular weight excluding hydrogens is 226 g/mol. The fourth-order valence-electron chi connectivity index (χ4n) is 2.95. The number of nitrogens with zero attached hydrogens (tertiary/aromatic N) is 1. The molecule has 0 radical (unpaired) electrons. The summed E-state index contributed by atoms with van der Waals surface area (Å²) in [6.07, 6.45) is 1.21. The molecule has 0 aromatic heterocycles. The first-order chi connectivity index (χ1) is 8.38. The normalized spacial score (nSPS) is 22.2. The van der Waals surface area contributed by atoms with Crippen molar-refractivity contribution in [1.82, 2.24) is 0 Å². The molecule has 1 unspecified atom stereocenters. The van der Waals surface area contributed by atoms with Crippen LogP contribution in [0.5, 0.6) is 0 Å². The first-order valence-electron chi connectivity index (χ1n) is 6.44. The van der Waals surface area contributed by atoms with Crippen LogP contribution < -0.4 is 4.90 Å². The van der Waals surface area contributed by atoms with Gasteiger partial charge in [0.15, 0.2) is 0 Å². The maximum absolute atomic E-state index is 10.8. The van der Waals surface area contributed by atoms with Gasteiger partial charge in [-0.15, -0.1) is 0 Å². The largest absolute Gasteiger partial charge is 0.481 e. The summed E-state index contributed by atoms with van der Waals surface area (Å²) < 4.78 is 0. The monoisotopic (exact) mass is 247 g/mol. The molecule has 1 heterocycles. The second kappa shape index (κ2) is 4.63. The van der Waals surface area contributed by atoms with Gasteiger partial charge in [-0.25, -0.2) is 0 Å². The first kappa shape index (κ1) is 12.9. The van der Waals surface area contributed by atoms with Gasteiger partial charge in [-0.1, -0.05) is 17.7 Å². The minimum absolute atomic E-state index is 0.0371. The molecule has 0 bridgehead atoms. The van der Waals surface area contributed by atoms with E-state index in [0.717, 1.165) is 13.0 Å². The maximum atomic E-state index is 10.8. The van der Waals surface area contributed by atoms with Crippen molar-refractivity contribution in [3.63, 3.8) is 0 Å². The molecule has 1 aromatic rings. The van der Waals surface area contributed by atoms with Gasteiger partial charge in [0.1, 0.15) is 0 Å². The van der Waals surface area contributed by atoms with E-state index < -0.39 is 5.97 Å². The minimum atomic E-state index is -0.693. The zero-order valence-electron chi connectivity index (χ0n) is 11.3. The van der Waals surface area contributed by atoms with E-state index in [1.165, 1.54) is 11.3 Å². The highest BCUT2D eigenvalue weighted by molar-refractivity contribution is 5.67. The van der Waals surface area contributed by atoms with Gasteiger partial charge in [-0.2, -0.15) is 0 Å². The third-order valence-electron chi connectivity index (χ3n) is 3.77. The highest BCUT2D eigenvalue weighted by Crippen LogP contribution is 2.38. The number of anilines is 1. The SMILES string of the molecule is Cc1ccc(N2CC(CC(=O)O)CC2(C)C)cc1. The molecule has 3 nitrogen and oxygen atoms in total. The summed E-state index contributed by atoms with van der Waals surface area (Å²) in [4.78, 5) is 13.2. The van der Waals surface area contributed by atoms with Crippen LogP contribution >= 0.6 is 0 Å². The van der Waals surface area contributed by atoms with Crippen molar-refractivity contribution in [2.24, 2.45) is 5.92 Å². The number of hydrogen-bond acceptors (Lipinski definition) is 2. The Morgan fingerprint density at radius 3 is 2.56 bits per heavy atom. The first-order valence-corrected chi connectivity index (χ1v) is 6.44. The van der Waals surface area contributed by atoms with Crippen LogP contribution in [0.4, 0.5) is 5.69 Å². The molecule has 3 heteroatoms. The maximum Gasteiger partial charge on any atom is 0.303 e. The van der Waals surface area contributed by atoms with Gasteiger partial charge in [-0.3, -0.25) is 4.79 Å². The van der Waals surface area contributed by atoms with Crippen molar-refractivity contribution in [3.8, 4) is 0 Å². The number of carboxylic acids is 1. The minimum Gasteiger partial charge on any atom is -0.481 e. The van der Waals surface area contributed by atoms with Gasteiger partial charge < -0.3 is 10.0 Å². The van der Waals surface area contributed by atoms with E-state index in [1.54, 1.807) is 0 Å². The number of carbonyl (C=O) groups is 1. The number of hydrogen-bond donors (Lipinski definition) is 1. The van der Waals surface area contributed by atoms with Gasteiger partial charge in [0.25, 0.3) is 0 Å².